The Morgan fingerprint density at radius 1 is 1.04 bits per heavy atom. The third kappa shape index (κ3) is 5.54. The van der Waals surface area contributed by atoms with E-state index in [2.05, 4.69) is 19.2 Å². The van der Waals surface area contributed by atoms with Gasteiger partial charge in [-0.2, -0.15) is 0 Å². The van der Waals surface area contributed by atoms with Crippen LogP contribution in [0, 0.1) is 11.7 Å². The fourth-order valence-corrected chi connectivity index (χ4v) is 2.78. The van der Waals surface area contributed by atoms with Gasteiger partial charge in [-0.05, 0) is 24.5 Å². The van der Waals surface area contributed by atoms with Crippen molar-refractivity contribution in [1.29, 1.82) is 0 Å². The minimum atomic E-state index is -0.619. The van der Waals surface area contributed by atoms with Crippen molar-refractivity contribution in [1.82, 2.24) is 15.1 Å². The summed E-state index contributed by atoms with van der Waals surface area (Å²) in [5.74, 6) is -0.854. The lowest BCUT2D eigenvalue weighted by Crippen LogP contribution is -2.52. The zero-order valence-corrected chi connectivity index (χ0v) is 15.3. The molecule has 3 amide bonds. The van der Waals surface area contributed by atoms with Gasteiger partial charge in [-0.15, -0.1) is 0 Å². The lowest BCUT2D eigenvalue weighted by atomic mass is 10.1. The maximum atomic E-state index is 13.6. The first kappa shape index (κ1) is 19.9. The van der Waals surface area contributed by atoms with Crippen LogP contribution in [-0.2, 0) is 9.59 Å². The second-order valence-electron chi connectivity index (χ2n) is 6.86. The average Bonchev–Trinajstić information content (AvgIpc) is 2.64. The molecule has 7 heteroatoms. The lowest BCUT2D eigenvalue weighted by Gasteiger charge is -2.35. The first-order valence-electron chi connectivity index (χ1n) is 8.96. The predicted octanol–water partition coefficient (Wildman–Crippen LogP) is 1.66. The third-order valence-electron chi connectivity index (χ3n) is 4.44. The van der Waals surface area contributed by atoms with Gasteiger partial charge in [0.05, 0.1) is 12.1 Å². The molecule has 1 heterocycles. The maximum Gasteiger partial charge on any atom is 0.254 e. The molecule has 1 aromatic rings. The average molecular weight is 363 g/mol. The van der Waals surface area contributed by atoms with E-state index in [4.69, 9.17) is 0 Å². The lowest BCUT2D eigenvalue weighted by molar-refractivity contribution is -0.139. The van der Waals surface area contributed by atoms with E-state index in [1.807, 2.05) is 0 Å². The summed E-state index contributed by atoms with van der Waals surface area (Å²) in [5, 5.41) is 2.45. The number of amides is 3. The van der Waals surface area contributed by atoms with Crippen LogP contribution >= 0.6 is 0 Å². The molecule has 1 aromatic carbocycles. The van der Waals surface area contributed by atoms with Gasteiger partial charge >= 0.3 is 0 Å². The number of halogens is 1. The van der Waals surface area contributed by atoms with Gasteiger partial charge in [-0.3, -0.25) is 14.4 Å². The van der Waals surface area contributed by atoms with E-state index in [9.17, 15) is 18.8 Å². The number of piperazine rings is 1. The van der Waals surface area contributed by atoms with Gasteiger partial charge < -0.3 is 15.1 Å². The molecular formula is C19H26FN3O3. The third-order valence-corrected chi connectivity index (χ3v) is 4.44. The number of benzene rings is 1. The fourth-order valence-electron chi connectivity index (χ4n) is 2.78. The SMILES string of the molecule is CC(C)CCC(=O)N1CCN(C(=O)CNC(=O)c2ccccc2F)CC1. The van der Waals surface area contributed by atoms with Crippen molar-refractivity contribution in [3.05, 3.63) is 35.6 Å². The highest BCUT2D eigenvalue weighted by molar-refractivity contribution is 5.96. The van der Waals surface area contributed by atoms with Gasteiger partial charge in [-0.1, -0.05) is 26.0 Å². The molecule has 1 saturated heterocycles. The summed E-state index contributed by atoms with van der Waals surface area (Å²) < 4.78 is 13.6. The molecule has 142 valence electrons. The Morgan fingerprint density at radius 3 is 2.19 bits per heavy atom. The molecule has 1 aliphatic heterocycles. The van der Waals surface area contributed by atoms with Crippen LogP contribution in [0.15, 0.2) is 24.3 Å². The number of carbonyl (C=O) groups excluding carboxylic acids is 3. The Hall–Kier alpha value is -2.44. The Kier molecular flexibility index (Phi) is 7.12. The van der Waals surface area contributed by atoms with Crippen LogP contribution in [0.4, 0.5) is 4.39 Å². The van der Waals surface area contributed by atoms with E-state index in [-0.39, 0.29) is 23.9 Å². The van der Waals surface area contributed by atoms with Crippen LogP contribution in [0.3, 0.4) is 0 Å². The molecule has 0 aliphatic carbocycles. The summed E-state index contributed by atoms with van der Waals surface area (Å²) in [6.45, 7) is 5.88. The smallest absolute Gasteiger partial charge is 0.254 e. The normalized spacial score (nSPS) is 14.5. The fraction of sp³-hybridized carbons (Fsp3) is 0.526. The summed E-state index contributed by atoms with van der Waals surface area (Å²) in [7, 11) is 0. The molecule has 26 heavy (non-hydrogen) atoms. The van der Waals surface area contributed by atoms with Gasteiger partial charge in [0.15, 0.2) is 0 Å². The van der Waals surface area contributed by atoms with E-state index in [1.54, 1.807) is 15.9 Å². The van der Waals surface area contributed by atoms with E-state index in [0.717, 1.165) is 6.42 Å². The molecule has 1 aliphatic rings. The summed E-state index contributed by atoms with van der Waals surface area (Å²) in [5.41, 5.74) is -0.0825. The van der Waals surface area contributed by atoms with Crippen molar-refractivity contribution in [2.24, 2.45) is 5.92 Å². The molecule has 0 spiro atoms. The number of nitrogens with zero attached hydrogens (tertiary/aromatic N) is 2. The summed E-state index contributed by atoms with van der Waals surface area (Å²) in [4.78, 5) is 39.7. The van der Waals surface area contributed by atoms with Gasteiger partial charge in [0.1, 0.15) is 5.82 Å². The van der Waals surface area contributed by atoms with Crippen molar-refractivity contribution in [2.45, 2.75) is 26.7 Å². The van der Waals surface area contributed by atoms with Crippen LogP contribution in [-0.4, -0.2) is 60.2 Å². The summed E-state index contributed by atoms with van der Waals surface area (Å²) >= 11 is 0. The van der Waals surface area contributed by atoms with Crippen molar-refractivity contribution in [2.75, 3.05) is 32.7 Å². The molecule has 0 aromatic heterocycles. The van der Waals surface area contributed by atoms with Crippen LogP contribution in [0.2, 0.25) is 0 Å². The first-order valence-corrected chi connectivity index (χ1v) is 8.96. The maximum absolute atomic E-state index is 13.6. The van der Waals surface area contributed by atoms with Crippen LogP contribution in [0.25, 0.3) is 0 Å². The molecule has 0 radical (unpaired) electrons. The van der Waals surface area contributed by atoms with E-state index in [1.165, 1.54) is 18.2 Å². The largest absolute Gasteiger partial charge is 0.343 e. The Morgan fingerprint density at radius 2 is 1.62 bits per heavy atom. The van der Waals surface area contributed by atoms with Crippen molar-refractivity contribution in [3.8, 4) is 0 Å². The zero-order chi connectivity index (χ0) is 19.1. The van der Waals surface area contributed by atoms with Gasteiger partial charge in [0.25, 0.3) is 5.91 Å². The van der Waals surface area contributed by atoms with Gasteiger partial charge in [-0.25, -0.2) is 4.39 Å². The number of carbonyl (C=O) groups is 3. The minimum absolute atomic E-state index is 0.0825. The molecule has 1 N–H and O–H groups in total. The number of nitrogens with one attached hydrogen (secondary N) is 1. The van der Waals surface area contributed by atoms with Gasteiger partial charge in [0, 0.05) is 32.6 Å². The highest BCUT2D eigenvalue weighted by atomic mass is 19.1. The minimum Gasteiger partial charge on any atom is -0.343 e. The number of rotatable bonds is 6. The molecule has 0 saturated carbocycles. The van der Waals surface area contributed by atoms with E-state index >= 15 is 0 Å². The van der Waals surface area contributed by atoms with Crippen LogP contribution in [0.5, 0.6) is 0 Å². The number of hydrogen-bond donors (Lipinski definition) is 1. The summed E-state index contributed by atoms with van der Waals surface area (Å²) in [6, 6.07) is 5.64. The highest BCUT2D eigenvalue weighted by Gasteiger charge is 2.24. The van der Waals surface area contributed by atoms with E-state index < -0.39 is 11.7 Å². The zero-order valence-electron chi connectivity index (χ0n) is 15.3. The predicted molar refractivity (Wildman–Crippen MR) is 96.0 cm³/mol. The molecule has 0 bridgehead atoms. The summed E-state index contributed by atoms with van der Waals surface area (Å²) in [6.07, 6.45) is 1.39. The molecular weight excluding hydrogens is 337 g/mol. The monoisotopic (exact) mass is 363 g/mol. The van der Waals surface area contributed by atoms with Crippen molar-refractivity contribution >= 4 is 17.7 Å². The molecule has 0 atom stereocenters. The second-order valence-corrected chi connectivity index (χ2v) is 6.86. The highest BCUT2D eigenvalue weighted by Crippen LogP contribution is 2.10. The topological polar surface area (TPSA) is 69.7 Å². The van der Waals surface area contributed by atoms with Crippen molar-refractivity contribution in [3.63, 3.8) is 0 Å². The van der Waals surface area contributed by atoms with Crippen molar-refractivity contribution < 1.29 is 18.8 Å². The van der Waals surface area contributed by atoms with Gasteiger partial charge in [0.2, 0.25) is 11.8 Å². The molecule has 0 unspecified atom stereocenters. The standard InChI is InChI=1S/C19H26FN3O3/c1-14(2)7-8-17(24)22-9-11-23(12-10-22)18(25)13-21-19(26)15-5-3-4-6-16(15)20/h3-6,14H,7-13H2,1-2H3,(H,21,26). The Bertz CT molecular complexity index is 655. The molecule has 6 nitrogen and oxygen atoms in total. The quantitative estimate of drug-likeness (QED) is 0.836. The molecule has 2 rings (SSSR count). The Balaban J connectivity index is 1.75. The van der Waals surface area contributed by atoms with E-state index in [0.29, 0.717) is 38.5 Å². The van der Waals surface area contributed by atoms with Crippen LogP contribution in [0.1, 0.15) is 37.0 Å². The number of hydrogen-bond acceptors (Lipinski definition) is 3. The Labute approximate surface area is 153 Å². The first-order chi connectivity index (χ1) is 12.4. The second kappa shape index (κ2) is 9.31. The van der Waals surface area contributed by atoms with Crippen LogP contribution < -0.4 is 5.32 Å². The molecule has 1 fully saturated rings.